The molecule has 0 spiro atoms. The van der Waals surface area contributed by atoms with Crippen LogP contribution in [0.4, 0.5) is 8.78 Å². The van der Waals surface area contributed by atoms with Gasteiger partial charge in [0, 0.05) is 49.8 Å². The first kappa shape index (κ1) is 34.9. The maximum absolute atomic E-state index is 14.0. The standard InChI is InChI=1S/C33H47F2N3O4/c1-6-10-16-37(5)32(41)24(9-4)21-30(39)29(19-23-17-27(34)22-28(35)18-23)36-31(40)25-12-11-13-26(20-25)33(42)38(14-7-2)15-8-3/h11-13,17-18,20,22,24,29-30,39H,6-10,14-16,19,21H2,1-5H3,(H,36,40)/t24-,29+,30+/m1/s1. The lowest BCUT2D eigenvalue weighted by molar-refractivity contribution is -0.135. The van der Waals surface area contributed by atoms with Crippen LogP contribution >= 0.6 is 0 Å². The number of carbonyl (C=O) groups excluding carboxylic acids is 3. The third kappa shape index (κ3) is 10.5. The molecule has 0 aliphatic heterocycles. The summed E-state index contributed by atoms with van der Waals surface area (Å²) in [6.45, 7) is 9.71. The largest absolute Gasteiger partial charge is 0.391 e. The number of nitrogens with one attached hydrogen (secondary N) is 1. The summed E-state index contributed by atoms with van der Waals surface area (Å²) in [7, 11) is 1.73. The number of unbranched alkanes of at least 4 members (excludes halogenated alkanes) is 1. The van der Waals surface area contributed by atoms with E-state index in [-0.39, 0.29) is 35.8 Å². The summed E-state index contributed by atoms with van der Waals surface area (Å²) >= 11 is 0. The second-order valence-corrected chi connectivity index (χ2v) is 11.0. The number of carbonyl (C=O) groups is 3. The zero-order valence-electron chi connectivity index (χ0n) is 25.7. The van der Waals surface area contributed by atoms with Gasteiger partial charge in [-0.25, -0.2) is 8.78 Å². The summed E-state index contributed by atoms with van der Waals surface area (Å²) in [5.74, 6) is -2.83. The molecule has 2 N–H and O–H groups in total. The summed E-state index contributed by atoms with van der Waals surface area (Å²) in [4.78, 5) is 43.0. The molecule has 3 amide bonds. The molecule has 0 bridgehead atoms. The minimum absolute atomic E-state index is 0.0582. The van der Waals surface area contributed by atoms with Gasteiger partial charge >= 0.3 is 0 Å². The zero-order valence-corrected chi connectivity index (χ0v) is 25.7. The molecule has 0 heterocycles. The fourth-order valence-corrected chi connectivity index (χ4v) is 5.06. The molecule has 2 aromatic rings. The lowest BCUT2D eigenvalue weighted by atomic mass is 9.90. The molecule has 0 saturated heterocycles. The van der Waals surface area contributed by atoms with Gasteiger partial charge in [-0.3, -0.25) is 14.4 Å². The third-order valence-electron chi connectivity index (χ3n) is 7.40. The normalized spacial score (nSPS) is 13.2. The van der Waals surface area contributed by atoms with Gasteiger partial charge in [0.05, 0.1) is 12.1 Å². The van der Waals surface area contributed by atoms with Gasteiger partial charge in [-0.15, -0.1) is 0 Å². The van der Waals surface area contributed by atoms with Crippen molar-refractivity contribution in [3.05, 3.63) is 70.8 Å². The molecule has 9 heteroatoms. The van der Waals surface area contributed by atoms with Gasteiger partial charge < -0.3 is 20.2 Å². The summed E-state index contributed by atoms with van der Waals surface area (Å²) < 4.78 is 28.0. The highest BCUT2D eigenvalue weighted by atomic mass is 19.1. The molecule has 0 aliphatic carbocycles. The number of hydrogen-bond acceptors (Lipinski definition) is 4. The van der Waals surface area contributed by atoms with Crippen molar-refractivity contribution in [2.24, 2.45) is 5.92 Å². The van der Waals surface area contributed by atoms with Crippen LogP contribution in [-0.2, 0) is 11.2 Å². The number of nitrogens with zero attached hydrogens (tertiary/aromatic N) is 2. The number of halogens is 2. The molecule has 2 rings (SSSR count). The Morgan fingerprint density at radius 1 is 0.881 bits per heavy atom. The first-order chi connectivity index (χ1) is 20.0. The average Bonchev–Trinajstić information content (AvgIpc) is 2.96. The van der Waals surface area contributed by atoms with E-state index in [0.717, 1.165) is 43.9 Å². The van der Waals surface area contributed by atoms with Crippen LogP contribution in [0, 0.1) is 17.6 Å². The Bertz CT molecular complexity index is 1150. The summed E-state index contributed by atoms with van der Waals surface area (Å²) in [6, 6.07) is 8.50. The van der Waals surface area contributed by atoms with Gasteiger partial charge in [-0.2, -0.15) is 0 Å². The molecule has 0 saturated carbocycles. The van der Waals surface area contributed by atoms with Crippen LogP contribution in [0.15, 0.2) is 42.5 Å². The second kappa shape index (κ2) is 17.6. The van der Waals surface area contributed by atoms with Crippen LogP contribution in [0.5, 0.6) is 0 Å². The number of hydrogen-bond donors (Lipinski definition) is 2. The molecule has 0 fully saturated rings. The van der Waals surface area contributed by atoms with E-state index in [9.17, 15) is 28.3 Å². The Morgan fingerprint density at radius 3 is 2.07 bits per heavy atom. The summed E-state index contributed by atoms with van der Waals surface area (Å²) in [5, 5.41) is 14.1. The van der Waals surface area contributed by atoms with Gasteiger partial charge in [-0.05, 0) is 74.4 Å². The van der Waals surface area contributed by atoms with Crippen molar-refractivity contribution in [1.82, 2.24) is 15.1 Å². The summed E-state index contributed by atoms with van der Waals surface area (Å²) in [6.07, 6.45) is 2.73. The second-order valence-electron chi connectivity index (χ2n) is 11.0. The predicted molar refractivity (Wildman–Crippen MR) is 161 cm³/mol. The van der Waals surface area contributed by atoms with E-state index in [1.165, 1.54) is 6.07 Å². The molecule has 232 valence electrons. The van der Waals surface area contributed by atoms with Crippen molar-refractivity contribution in [3.63, 3.8) is 0 Å². The summed E-state index contributed by atoms with van der Waals surface area (Å²) in [5.41, 5.74) is 0.856. The van der Waals surface area contributed by atoms with Crippen LogP contribution in [0.1, 0.15) is 92.5 Å². The SMILES string of the molecule is CCCCN(C)C(=O)[C@H](CC)C[C@H](O)[C@H](Cc1cc(F)cc(F)c1)NC(=O)c1cccc(C(=O)N(CCC)CCC)c1. The lowest BCUT2D eigenvalue weighted by Crippen LogP contribution is -2.47. The molecule has 0 aliphatic rings. The molecular weight excluding hydrogens is 540 g/mol. The molecule has 0 unspecified atom stereocenters. The number of aliphatic hydroxyl groups is 1. The first-order valence-electron chi connectivity index (χ1n) is 15.1. The van der Waals surface area contributed by atoms with Gasteiger partial charge in [0.25, 0.3) is 11.8 Å². The quantitative estimate of drug-likeness (QED) is 0.252. The minimum Gasteiger partial charge on any atom is -0.391 e. The minimum atomic E-state index is -1.18. The van der Waals surface area contributed by atoms with E-state index >= 15 is 0 Å². The Labute approximate surface area is 249 Å². The Morgan fingerprint density at radius 2 is 1.50 bits per heavy atom. The van der Waals surface area contributed by atoms with E-state index < -0.39 is 35.6 Å². The number of aliphatic hydroxyl groups excluding tert-OH is 1. The molecular formula is C33H47F2N3O4. The number of benzene rings is 2. The van der Waals surface area contributed by atoms with Crippen molar-refractivity contribution in [2.45, 2.75) is 84.8 Å². The zero-order chi connectivity index (χ0) is 31.2. The topological polar surface area (TPSA) is 90.0 Å². The molecule has 7 nitrogen and oxygen atoms in total. The number of rotatable bonds is 17. The molecule has 3 atom stereocenters. The van der Waals surface area contributed by atoms with Crippen molar-refractivity contribution in [1.29, 1.82) is 0 Å². The Kier molecular flexibility index (Phi) is 14.6. The highest BCUT2D eigenvalue weighted by molar-refractivity contribution is 5.99. The lowest BCUT2D eigenvalue weighted by Gasteiger charge is -2.29. The van der Waals surface area contributed by atoms with Gasteiger partial charge in [0.2, 0.25) is 5.91 Å². The van der Waals surface area contributed by atoms with Gasteiger partial charge in [-0.1, -0.05) is 40.2 Å². The molecule has 42 heavy (non-hydrogen) atoms. The maximum atomic E-state index is 14.0. The third-order valence-corrected chi connectivity index (χ3v) is 7.40. The van der Waals surface area contributed by atoms with Crippen molar-refractivity contribution < 1.29 is 28.3 Å². The fourth-order valence-electron chi connectivity index (χ4n) is 5.06. The molecule has 2 aromatic carbocycles. The molecule has 0 aromatic heterocycles. The van der Waals surface area contributed by atoms with Crippen LogP contribution < -0.4 is 5.32 Å². The highest BCUT2D eigenvalue weighted by Gasteiger charge is 2.29. The first-order valence-corrected chi connectivity index (χ1v) is 15.1. The smallest absolute Gasteiger partial charge is 0.253 e. The van der Waals surface area contributed by atoms with E-state index in [1.807, 2.05) is 27.7 Å². The Hall–Kier alpha value is -3.33. The maximum Gasteiger partial charge on any atom is 0.253 e. The van der Waals surface area contributed by atoms with Crippen LogP contribution in [0.25, 0.3) is 0 Å². The van der Waals surface area contributed by atoms with Crippen LogP contribution in [0.2, 0.25) is 0 Å². The van der Waals surface area contributed by atoms with E-state index in [2.05, 4.69) is 5.32 Å². The van der Waals surface area contributed by atoms with Crippen molar-refractivity contribution >= 4 is 17.7 Å². The highest BCUT2D eigenvalue weighted by Crippen LogP contribution is 2.20. The Balaban J connectivity index is 2.32. The van der Waals surface area contributed by atoms with Crippen molar-refractivity contribution in [2.75, 3.05) is 26.7 Å². The van der Waals surface area contributed by atoms with E-state index in [0.29, 0.717) is 31.6 Å². The monoisotopic (exact) mass is 587 g/mol. The van der Waals surface area contributed by atoms with Crippen molar-refractivity contribution in [3.8, 4) is 0 Å². The molecule has 0 radical (unpaired) electrons. The number of amides is 3. The van der Waals surface area contributed by atoms with E-state index in [1.54, 1.807) is 35.0 Å². The fraction of sp³-hybridized carbons (Fsp3) is 0.545. The van der Waals surface area contributed by atoms with Crippen LogP contribution in [-0.4, -0.2) is 71.5 Å². The predicted octanol–water partition coefficient (Wildman–Crippen LogP) is 5.60. The van der Waals surface area contributed by atoms with Gasteiger partial charge in [0.1, 0.15) is 11.6 Å². The average molecular weight is 588 g/mol. The van der Waals surface area contributed by atoms with Crippen LogP contribution in [0.3, 0.4) is 0 Å². The van der Waals surface area contributed by atoms with E-state index in [4.69, 9.17) is 0 Å². The van der Waals surface area contributed by atoms with Gasteiger partial charge in [0.15, 0.2) is 0 Å².